The summed E-state index contributed by atoms with van der Waals surface area (Å²) in [7, 11) is 0. The molecule has 0 spiro atoms. The average Bonchev–Trinajstić information content (AvgIpc) is 3.09. The maximum atomic E-state index is 12.4. The van der Waals surface area contributed by atoms with Crippen LogP contribution in [0.5, 0.6) is 0 Å². The van der Waals surface area contributed by atoms with Gasteiger partial charge in [-0.15, -0.1) is 0 Å². The number of hydrogen-bond acceptors (Lipinski definition) is 3. The van der Waals surface area contributed by atoms with E-state index in [1.807, 2.05) is 0 Å². The van der Waals surface area contributed by atoms with Crippen molar-refractivity contribution in [2.24, 2.45) is 0 Å². The maximum Gasteiger partial charge on any atom is 0.407 e. The standard InChI is InChI=1S/C16H20Cl2N4O3/c17-13-2-1-11(9-14(13)18)19-15(23)21-7-5-20(6-8-21)12-3-4-22(10-12)16(24)25/h1-2,9,12H,3-8,10H2,(H,19,23)(H,24,25). The fourth-order valence-corrected chi connectivity index (χ4v) is 3.58. The fourth-order valence-electron chi connectivity index (χ4n) is 3.28. The van der Waals surface area contributed by atoms with Crippen LogP contribution < -0.4 is 5.32 Å². The van der Waals surface area contributed by atoms with E-state index in [0.29, 0.717) is 41.9 Å². The van der Waals surface area contributed by atoms with E-state index in [2.05, 4.69) is 10.2 Å². The molecule has 2 aliphatic rings. The summed E-state index contributed by atoms with van der Waals surface area (Å²) in [6.45, 7) is 3.83. The number of carboxylic acid groups (broad SMARTS) is 1. The first-order valence-electron chi connectivity index (χ1n) is 8.17. The minimum atomic E-state index is -0.859. The summed E-state index contributed by atoms with van der Waals surface area (Å²) in [5.41, 5.74) is 0.606. The molecule has 1 aromatic rings. The van der Waals surface area contributed by atoms with Gasteiger partial charge in [-0.1, -0.05) is 23.2 Å². The second-order valence-electron chi connectivity index (χ2n) is 6.25. The van der Waals surface area contributed by atoms with Gasteiger partial charge in [-0.3, -0.25) is 4.90 Å². The Balaban J connectivity index is 1.49. The van der Waals surface area contributed by atoms with E-state index < -0.39 is 6.09 Å². The Morgan fingerprint density at radius 1 is 1.04 bits per heavy atom. The van der Waals surface area contributed by atoms with Gasteiger partial charge in [0.2, 0.25) is 0 Å². The largest absolute Gasteiger partial charge is 0.465 e. The van der Waals surface area contributed by atoms with Crippen LogP contribution in [-0.4, -0.2) is 77.2 Å². The van der Waals surface area contributed by atoms with Crippen molar-refractivity contribution in [3.63, 3.8) is 0 Å². The average molecular weight is 387 g/mol. The van der Waals surface area contributed by atoms with Crippen molar-refractivity contribution in [1.82, 2.24) is 14.7 Å². The summed E-state index contributed by atoms with van der Waals surface area (Å²) in [4.78, 5) is 28.9. The monoisotopic (exact) mass is 386 g/mol. The molecule has 7 nitrogen and oxygen atoms in total. The number of anilines is 1. The van der Waals surface area contributed by atoms with Crippen LogP contribution in [0, 0.1) is 0 Å². The summed E-state index contributed by atoms with van der Waals surface area (Å²) < 4.78 is 0. The number of urea groups is 1. The number of hydrogen-bond donors (Lipinski definition) is 2. The molecule has 0 aromatic heterocycles. The zero-order chi connectivity index (χ0) is 18.0. The fraction of sp³-hybridized carbons (Fsp3) is 0.500. The Bertz CT molecular complexity index is 665. The summed E-state index contributed by atoms with van der Waals surface area (Å²) in [5, 5.41) is 12.7. The van der Waals surface area contributed by atoms with E-state index in [9.17, 15) is 9.59 Å². The molecule has 0 bridgehead atoms. The van der Waals surface area contributed by atoms with E-state index in [-0.39, 0.29) is 12.1 Å². The van der Waals surface area contributed by atoms with Crippen molar-refractivity contribution in [2.45, 2.75) is 12.5 Å². The molecule has 0 aliphatic carbocycles. The van der Waals surface area contributed by atoms with E-state index in [4.69, 9.17) is 28.3 Å². The lowest BCUT2D eigenvalue weighted by atomic mass is 10.2. The topological polar surface area (TPSA) is 76.1 Å². The predicted octanol–water partition coefficient (Wildman–Crippen LogP) is 2.90. The van der Waals surface area contributed by atoms with Crippen molar-refractivity contribution in [2.75, 3.05) is 44.6 Å². The van der Waals surface area contributed by atoms with Gasteiger partial charge in [0.05, 0.1) is 10.0 Å². The molecule has 9 heteroatoms. The Morgan fingerprint density at radius 2 is 1.76 bits per heavy atom. The summed E-state index contributed by atoms with van der Waals surface area (Å²) in [6, 6.07) is 5.05. The first kappa shape index (κ1) is 18.1. The number of carbonyl (C=O) groups excluding carboxylic acids is 1. The molecule has 1 aromatic carbocycles. The van der Waals surface area contributed by atoms with Gasteiger partial charge in [0, 0.05) is 51.0 Å². The molecule has 1 unspecified atom stereocenters. The number of nitrogens with one attached hydrogen (secondary N) is 1. The molecule has 1 atom stereocenters. The van der Waals surface area contributed by atoms with Gasteiger partial charge >= 0.3 is 12.1 Å². The zero-order valence-corrected chi connectivity index (χ0v) is 15.1. The van der Waals surface area contributed by atoms with Gasteiger partial charge in [0.15, 0.2) is 0 Å². The minimum Gasteiger partial charge on any atom is -0.465 e. The number of halogens is 2. The molecule has 3 rings (SSSR count). The van der Waals surface area contributed by atoms with Gasteiger partial charge in [-0.25, -0.2) is 9.59 Å². The number of rotatable bonds is 2. The Hall–Kier alpha value is -1.70. The van der Waals surface area contributed by atoms with Crippen LogP contribution in [0.15, 0.2) is 18.2 Å². The minimum absolute atomic E-state index is 0.170. The lowest BCUT2D eigenvalue weighted by molar-refractivity contribution is 0.111. The predicted molar refractivity (Wildman–Crippen MR) is 96.6 cm³/mol. The molecule has 2 saturated heterocycles. The van der Waals surface area contributed by atoms with Gasteiger partial charge in [-0.2, -0.15) is 0 Å². The molecule has 3 amide bonds. The molecular weight excluding hydrogens is 367 g/mol. The van der Waals surface area contributed by atoms with Crippen LogP contribution in [0.25, 0.3) is 0 Å². The van der Waals surface area contributed by atoms with Gasteiger partial charge < -0.3 is 20.2 Å². The molecule has 2 N–H and O–H groups in total. The van der Waals surface area contributed by atoms with Crippen LogP contribution in [0.1, 0.15) is 6.42 Å². The molecule has 0 saturated carbocycles. The highest BCUT2D eigenvalue weighted by atomic mass is 35.5. The molecule has 0 radical (unpaired) electrons. The second kappa shape index (κ2) is 7.68. The third kappa shape index (κ3) is 4.29. The van der Waals surface area contributed by atoms with Crippen molar-refractivity contribution in [1.29, 1.82) is 0 Å². The van der Waals surface area contributed by atoms with Crippen molar-refractivity contribution < 1.29 is 14.7 Å². The van der Waals surface area contributed by atoms with Crippen LogP contribution in [-0.2, 0) is 0 Å². The Morgan fingerprint density at radius 3 is 2.36 bits per heavy atom. The highest BCUT2D eigenvalue weighted by molar-refractivity contribution is 6.42. The highest BCUT2D eigenvalue weighted by Gasteiger charge is 2.32. The van der Waals surface area contributed by atoms with Crippen molar-refractivity contribution in [3.8, 4) is 0 Å². The number of amides is 3. The first-order valence-corrected chi connectivity index (χ1v) is 8.92. The summed E-state index contributed by atoms with van der Waals surface area (Å²) in [5.74, 6) is 0. The molecule has 136 valence electrons. The first-order chi connectivity index (χ1) is 11.9. The molecule has 25 heavy (non-hydrogen) atoms. The van der Waals surface area contributed by atoms with Gasteiger partial charge in [-0.05, 0) is 24.6 Å². The second-order valence-corrected chi connectivity index (χ2v) is 7.07. The quantitative estimate of drug-likeness (QED) is 0.818. The molecular formula is C16H20Cl2N4O3. The van der Waals surface area contributed by atoms with E-state index in [0.717, 1.165) is 19.5 Å². The van der Waals surface area contributed by atoms with Crippen LogP contribution in [0.4, 0.5) is 15.3 Å². The number of nitrogens with zero attached hydrogens (tertiary/aromatic N) is 3. The number of piperazine rings is 1. The van der Waals surface area contributed by atoms with E-state index >= 15 is 0 Å². The number of likely N-dealkylation sites (tertiary alicyclic amines) is 1. The SMILES string of the molecule is O=C(O)N1CCC(N2CCN(C(=O)Nc3ccc(Cl)c(Cl)c3)CC2)C1. The molecule has 2 heterocycles. The Kier molecular flexibility index (Phi) is 5.56. The molecule has 2 fully saturated rings. The van der Waals surface area contributed by atoms with Crippen molar-refractivity contribution >= 4 is 41.0 Å². The maximum absolute atomic E-state index is 12.4. The zero-order valence-electron chi connectivity index (χ0n) is 13.6. The van der Waals surface area contributed by atoms with E-state index in [1.54, 1.807) is 23.1 Å². The van der Waals surface area contributed by atoms with Crippen LogP contribution >= 0.6 is 23.2 Å². The highest BCUT2D eigenvalue weighted by Crippen LogP contribution is 2.25. The molecule has 2 aliphatic heterocycles. The van der Waals surface area contributed by atoms with Crippen molar-refractivity contribution in [3.05, 3.63) is 28.2 Å². The number of carbonyl (C=O) groups is 2. The lowest BCUT2D eigenvalue weighted by Gasteiger charge is -2.37. The third-order valence-corrected chi connectivity index (χ3v) is 5.46. The van der Waals surface area contributed by atoms with Gasteiger partial charge in [0.25, 0.3) is 0 Å². The Labute approximate surface area is 156 Å². The van der Waals surface area contributed by atoms with Gasteiger partial charge in [0.1, 0.15) is 0 Å². The summed E-state index contributed by atoms with van der Waals surface area (Å²) in [6.07, 6.45) is -0.0102. The third-order valence-electron chi connectivity index (χ3n) is 4.72. The lowest BCUT2D eigenvalue weighted by Crippen LogP contribution is -2.53. The number of benzene rings is 1. The van der Waals surface area contributed by atoms with E-state index in [1.165, 1.54) is 4.90 Å². The van der Waals surface area contributed by atoms with Crippen LogP contribution in [0.2, 0.25) is 10.0 Å². The normalized spacial score (nSPS) is 21.4. The summed E-state index contributed by atoms with van der Waals surface area (Å²) >= 11 is 11.8. The van der Waals surface area contributed by atoms with Crippen LogP contribution in [0.3, 0.4) is 0 Å². The smallest absolute Gasteiger partial charge is 0.407 e.